The molecule has 112 valence electrons. The summed E-state index contributed by atoms with van der Waals surface area (Å²) in [5, 5.41) is 2.67. The number of imide groups is 1. The lowest BCUT2D eigenvalue weighted by Gasteiger charge is -2.23. The van der Waals surface area contributed by atoms with Gasteiger partial charge in [0.25, 0.3) is 5.91 Å². The number of amides is 4. The van der Waals surface area contributed by atoms with Gasteiger partial charge in [0.2, 0.25) is 5.91 Å². The normalized spacial score (nSPS) is 21.4. The summed E-state index contributed by atoms with van der Waals surface area (Å²) < 4.78 is 0.724. The van der Waals surface area contributed by atoms with Gasteiger partial charge in [-0.15, -0.1) is 0 Å². The molecule has 0 bridgehead atoms. The van der Waals surface area contributed by atoms with Crippen molar-refractivity contribution >= 4 is 33.8 Å². The van der Waals surface area contributed by atoms with Crippen LogP contribution in [0.2, 0.25) is 0 Å². The summed E-state index contributed by atoms with van der Waals surface area (Å²) in [5.41, 5.74) is -0.521. The van der Waals surface area contributed by atoms with E-state index in [2.05, 4.69) is 21.2 Å². The molecule has 1 atom stereocenters. The lowest BCUT2D eigenvalue weighted by atomic mass is 9.92. The van der Waals surface area contributed by atoms with Crippen LogP contribution < -0.4 is 5.32 Å². The number of urea groups is 1. The molecule has 1 N–H and O–H groups in total. The highest BCUT2D eigenvalue weighted by Gasteiger charge is 2.50. The molecule has 0 radical (unpaired) electrons. The number of hydrogen-bond acceptors (Lipinski definition) is 3. The minimum absolute atomic E-state index is 0.266. The molecular weight excluding hydrogens is 338 g/mol. The van der Waals surface area contributed by atoms with Gasteiger partial charge in [-0.25, -0.2) is 4.79 Å². The van der Waals surface area contributed by atoms with Gasteiger partial charge in [0.05, 0.1) is 0 Å². The Bertz CT molecular complexity index is 617. The Balaban J connectivity index is 2.33. The molecule has 21 heavy (non-hydrogen) atoms. The molecule has 4 amide bonds. The highest BCUT2D eigenvalue weighted by atomic mass is 79.9. The van der Waals surface area contributed by atoms with Gasteiger partial charge in [0.1, 0.15) is 12.1 Å². The van der Waals surface area contributed by atoms with Crippen molar-refractivity contribution in [1.82, 2.24) is 15.1 Å². The summed E-state index contributed by atoms with van der Waals surface area (Å²) >= 11 is 3.39. The highest BCUT2D eigenvalue weighted by molar-refractivity contribution is 9.10. The van der Waals surface area contributed by atoms with Crippen molar-refractivity contribution in [2.24, 2.45) is 0 Å². The monoisotopic (exact) mass is 353 g/mol. The average molecular weight is 354 g/mol. The van der Waals surface area contributed by atoms with E-state index in [-0.39, 0.29) is 12.5 Å². The molecule has 1 aromatic carbocycles. The van der Waals surface area contributed by atoms with Crippen LogP contribution in [0.1, 0.15) is 12.5 Å². The molecule has 0 unspecified atom stereocenters. The van der Waals surface area contributed by atoms with E-state index in [9.17, 15) is 14.4 Å². The quantitative estimate of drug-likeness (QED) is 0.832. The molecule has 0 aliphatic carbocycles. The van der Waals surface area contributed by atoms with Gasteiger partial charge < -0.3 is 10.2 Å². The summed E-state index contributed by atoms with van der Waals surface area (Å²) in [4.78, 5) is 38.7. The zero-order valence-electron chi connectivity index (χ0n) is 12.0. The number of hydrogen-bond donors (Lipinski definition) is 1. The van der Waals surface area contributed by atoms with E-state index in [4.69, 9.17) is 0 Å². The van der Waals surface area contributed by atoms with Crippen LogP contribution >= 0.6 is 15.9 Å². The third kappa shape index (κ3) is 2.65. The van der Waals surface area contributed by atoms with Crippen LogP contribution in [0.3, 0.4) is 0 Å². The van der Waals surface area contributed by atoms with Crippen molar-refractivity contribution in [2.45, 2.75) is 12.5 Å². The zero-order valence-corrected chi connectivity index (χ0v) is 13.6. The number of nitrogens with one attached hydrogen (secondary N) is 1. The summed E-state index contributed by atoms with van der Waals surface area (Å²) in [6.07, 6.45) is 0. The van der Waals surface area contributed by atoms with Crippen LogP contribution in [0, 0.1) is 0 Å². The van der Waals surface area contributed by atoms with Gasteiger partial charge in [0.15, 0.2) is 0 Å². The molecule has 1 heterocycles. The van der Waals surface area contributed by atoms with E-state index in [0.717, 1.165) is 9.37 Å². The Morgan fingerprint density at radius 2 is 1.95 bits per heavy atom. The van der Waals surface area contributed by atoms with E-state index < -0.39 is 17.5 Å². The van der Waals surface area contributed by atoms with Crippen LogP contribution in [-0.4, -0.2) is 48.3 Å². The van der Waals surface area contributed by atoms with Crippen LogP contribution in [0.5, 0.6) is 0 Å². The summed E-state index contributed by atoms with van der Waals surface area (Å²) in [7, 11) is 3.15. The first kappa shape index (κ1) is 15.5. The molecule has 1 aromatic rings. The molecule has 1 saturated heterocycles. The number of nitrogens with zero attached hydrogens (tertiary/aromatic N) is 2. The maximum absolute atomic E-state index is 12.6. The summed E-state index contributed by atoms with van der Waals surface area (Å²) in [5.74, 6) is -0.746. The first-order chi connectivity index (χ1) is 9.77. The predicted octanol–water partition coefficient (Wildman–Crippen LogP) is 1.30. The van der Waals surface area contributed by atoms with Gasteiger partial charge in [0, 0.05) is 24.1 Å². The van der Waals surface area contributed by atoms with Gasteiger partial charge in [-0.3, -0.25) is 14.5 Å². The van der Waals surface area contributed by atoms with Crippen LogP contribution in [-0.2, 0) is 15.1 Å². The summed E-state index contributed by atoms with van der Waals surface area (Å²) in [6, 6.07) is 6.62. The molecule has 1 fully saturated rings. The molecule has 0 saturated carbocycles. The lowest BCUT2D eigenvalue weighted by molar-refractivity contribution is -0.137. The van der Waals surface area contributed by atoms with Crippen molar-refractivity contribution in [3.63, 3.8) is 0 Å². The molecule has 7 heteroatoms. The molecule has 0 spiro atoms. The fourth-order valence-corrected chi connectivity index (χ4v) is 2.85. The smallest absolute Gasteiger partial charge is 0.325 e. The lowest BCUT2D eigenvalue weighted by Crippen LogP contribution is -2.43. The van der Waals surface area contributed by atoms with Crippen molar-refractivity contribution in [3.8, 4) is 0 Å². The molecule has 6 nitrogen and oxygen atoms in total. The topological polar surface area (TPSA) is 69.7 Å². The Kier molecular flexibility index (Phi) is 4.04. The third-order valence-corrected chi connectivity index (χ3v) is 4.17. The molecule has 0 aromatic heterocycles. The second-order valence-electron chi connectivity index (χ2n) is 5.21. The number of benzene rings is 1. The number of halogens is 1. The van der Waals surface area contributed by atoms with Crippen LogP contribution in [0.15, 0.2) is 28.7 Å². The van der Waals surface area contributed by atoms with Gasteiger partial charge in [-0.05, 0) is 13.0 Å². The fraction of sp³-hybridized carbons (Fsp3) is 0.357. The Hall–Kier alpha value is -1.89. The van der Waals surface area contributed by atoms with E-state index >= 15 is 0 Å². The van der Waals surface area contributed by atoms with E-state index in [1.165, 1.54) is 4.90 Å². The fourth-order valence-electron chi connectivity index (χ4n) is 2.17. The molecule has 1 aliphatic heterocycles. The first-order valence-corrected chi connectivity index (χ1v) is 7.16. The second-order valence-corrected chi connectivity index (χ2v) is 6.07. The molecule has 2 rings (SSSR count). The third-order valence-electron chi connectivity index (χ3n) is 3.48. The van der Waals surface area contributed by atoms with Crippen molar-refractivity contribution in [3.05, 3.63) is 34.3 Å². The standard InChI is InChI=1S/C14H16BrN3O3/c1-14(9-6-4-5-7-10(9)15)12(20)18(13(21)16-14)8-11(19)17(2)3/h4-7H,8H2,1-3H3,(H,16,21)/t14-/m0/s1. The van der Waals surface area contributed by atoms with Gasteiger partial charge in [-0.2, -0.15) is 0 Å². The number of rotatable bonds is 3. The largest absolute Gasteiger partial charge is 0.347 e. The van der Waals surface area contributed by atoms with E-state index in [1.807, 2.05) is 6.07 Å². The van der Waals surface area contributed by atoms with E-state index in [0.29, 0.717) is 5.56 Å². The van der Waals surface area contributed by atoms with Gasteiger partial charge >= 0.3 is 6.03 Å². The maximum Gasteiger partial charge on any atom is 0.325 e. The SMILES string of the molecule is CN(C)C(=O)CN1C(=O)N[C@@](C)(c2ccccc2Br)C1=O. The minimum atomic E-state index is -1.18. The highest BCUT2D eigenvalue weighted by Crippen LogP contribution is 2.33. The Labute approximate surface area is 131 Å². The maximum atomic E-state index is 12.6. The Morgan fingerprint density at radius 1 is 1.33 bits per heavy atom. The minimum Gasteiger partial charge on any atom is -0.347 e. The number of likely N-dealkylation sites (N-methyl/N-ethyl adjacent to an activating group) is 1. The van der Waals surface area contributed by atoms with Gasteiger partial charge in [-0.1, -0.05) is 34.1 Å². The van der Waals surface area contributed by atoms with Crippen LogP contribution in [0.4, 0.5) is 4.79 Å². The zero-order chi connectivity index (χ0) is 15.8. The number of carbonyl (C=O) groups is 3. The average Bonchev–Trinajstić information content (AvgIpc) is 2.63. The summed E-state index contributed by atoms with van der Waals surface area (Å²) in [6.45, 7) is 1.37. The Morgan fingerprint density at radius 3 is 2.52 bits per heavy atom. The second kappa shape index (κ2) is 5.48. The number of carbonyl (C=O) groups excluding carboxylic acids is 3. The van der Waals surface area contributed by atoms with Crippen molar-refractivity contribution in [1.29, 1.82) is 0 Å². The van der Waals surface area contributed by atoms with Crippen LogP contribution in [0.25, 0.3) is 0 Å². The molecule has 1 aliphatic rings. The predicted molar refractivity (Wildman–Crippen MR) is 80.4 cm³/mol. The molecular formula is C14H16BrN3O3. The van der Waals surface area contributed by atoms with E-state index in [1.54, 1.807) is 39.2 Å². The van der Waals surface area contributed by atoms with Crippen molar-refractivity contribution < 1.29 is 14.4 Å². The first-order valence-electron chi connectivity index (χ1n) is 6.36. The van der Waals surface area contributed by atoms with Crippen molar-refractivity contribution in [2.75, 3.05) is 20.6 Å².